The molecule has 5 fully saturated rings. The molecule has 7 heteroatoms. The molecular formula is C23H31N3O4. The van der Waals surface area contributed by atoms with Crippen molar-refractivity contribution in [3.8, 4) is 5.75 Å². The molecule has 162 valence electrons. The van der Waals surface area contributed by atoms with E-state index in [2.05, 4.69) is 10.2 Å². The Bertz CT molecular complexity index is 810. The van der Waals surface area contributed by atoms with Crippen LogP contribution in [0.2, 0.25) is 0 Å². The summed E-state index contributed by atoms with van der Waals surface area (Å²) in [5.74, 6) is 1.36. The first kappa shape index (κ1) is 19.8. The molecule has 1 aromatic rings. The van der Waals surface area contributed by atoms with Crippen molar-refractivity contribution in [1.82, 2.24) is 10.2 Å². The number of aromatic hydroxyl groups is 1. The predicted octanol–water partition coefficient (Wildman–Crippen LogP) is 1.39. The fraction of sp³-hybridized carbons (Fsp3) is 0.652. The lowest BCUT2D eigenvalue weighted by Gasteiger charge is -2.59. The van der Waals surface area contributed by atoms with Gasteiger partial charge in [-0.1, -0.05) is 12.1 Å². The van der Waals surface area contributed by atoms with Gasteiger partial charge in [-0.15, -0.1) is 0 Å². The Morgan fingerprint density at radius 1 is 1.17 bits per heavy atom. The maximum absolute atomic E-state index is 13.1. The first-order valence-electron chi connectivity index (χ1n) is 11.1. The third-order valence-corrected chi connectivity index (χ3v) is 7.89. The summed E-state index contributed by atoms with van der Waals surface area (Å²) in [6.07, 6.45) is 4.29. The van der Waals surface area contributed by atoms with E-state index < -0.39 is 6.10 Å². The van der Waals surface area contributed by atoms with E-state index in [0.717, 1.165) is 50.8 Å². The van der Waals surface area contributed by atoms with E-state index >= 15 is 0 Å². The molecular weight excluding hydrogens is 382 g/mol. The van der Waals surface area contributed by atoms with Gasteiger partial charge in [-0.3, -0.25) is 14.5 Å². The summed E-state index contributed by atoms with van der Waals surface area (Å²) >= 11 is 0. The van der Waals surface area contributed by atoms with Gasteiger partial charge in [0.05, 0.1) is 6.61 Å². The molecule has 0 spiro atoms. The van der Waals surface area contributed by atoms with E-state index in [9.17, 15) is 14.7 Å². The Morgan fingerprint density at radius 2 is 1.87 bits per heavy atom. The van der Waals surface area contributed by atoms with Gasteiger partial charge in [0, 0.05) is 31.1 Å². The summed E-state index contributed by atoms with van der Waals surface area (Å²) in [5, 5.41) is 12.8. The minimum Gasteiger partial charge on any atom is -0.508 e. The van der Waals surface area contributed by atoms with Crippen LogP contribution in [0.1, 0.15) is 37.7 Å². The highest BCUT2D eigenvalue weighted by Crippen LogP contribution is 2.59. The smallest absolute Gasteiger partial charge is 0.250 e. The van der Waals surface area contributed by atoms with Crippen molar-refractivity contribution < 1.29 is 19.4 Å². The number of nitrogens with two attached hydrogens (primary N) is 1. The number of nitrogens with zero attached hydrogens (tertiary/aromatic N) is 1. The highest BCUT2D eigenvalue weighted by molar-refractivity contribution is 5.83. The number of nitrogens with one attached hydrogen (secondary N) is 1. The molecule has 1 heterocycles. The molecule has 0 aromatic heterocycles. The van der Waals surface area contributed by atoms with E-state index in [1.807, 2.05) is 12.1 Å². The second-order valence-corrected chi connectivity index (χ2v) is 9.91. The Kier molecular flexibility index (Phi) is 4.98. The maximum Gasteiger partial charge on any atom is 0.250 e. The second-order valence-electron chi connectivity index (χ2n) is 9.91. The zero-order valence-electron chi connectivity index (χ0n) is 17.3. The number of benzene rings is 1. The number of hydrogen-bond donors (Lipinski definition) is 3. The van der Waals surface area contributed by atoms with Crippen LogP contribution < -0.4 is 11.1 Å². The number of hydrogen-bond acceptors (Lipinski definition) is 5. The quantitative estimate of drug-likeness (QED) is 0.677. The highest BCUT2D eigenvalue weighted by atomic mass is 16.5. The monoisotopic (exact) mass is 413 g/mol. The molecule has 0 radical (unpaired) electrons. The van der Waals surface area contributed by atoms with Gasteiger partial charge < -0.3 is 20.9 Å². The van der Waals surface area contributed by atoms with Crippen LogP contribution in [-0.4, -0.2) is 53.7 Å². The SMILES string of the molecule is NC(=O)C12CC3CC(C1)C(NC(=O)[C@H]1CN(Cc4ccc(O)cc4)CCO1)C(C3)C2. The van der Waals surface area contributed by atoms with Crippen molar-refractivity contribution in [1.29, 1.82) is 0 Å². The fourth-order valence-electron chi connectivity index (χ4n) is 6.68. The van der Waals surface area contributed by atoms with E-state index in [4.69, 9.17) is 10.5 Å². The Morgan fingerprint density at radius 3 is 2.53 bits per heavy atom. The summed E-state index contributed by atoms with van der Waals surface area (Å²) in [4.78, 5) is 27.4. The van der Waals surface area contributed by atoms with Crippen molar-refractivity contribution in [2.45, 2.75) is 50.8 Å². The Hall–Kier alpha value is -2.12. The van der Waals surface area contributed by atoms with Crippen LogP contribution in [0.5, 0.6) is 5.75 Å². The van der Waals surface area contributed by atoms with Crippen molar-refractivity contribution in [2.75, 3.05) is 19.7 Å². The number of morpholine rings is 1. The van der Waals surface area contributed by atoms with Gasteiger partial charge in [0.1, 0.15) is 11.9 Å². The van der Waals surface area contributed by atoms with Crippen LogP contribution in [0.15, 0.2) is 24.3 Å². The lowest BCUT2D eigenvalue weighted by molar-refractivity contribution is -0.151. The first-order chi connectivity index (χ1) is 14.4. The number of phenols is 1. The van der Waals surface area contributed by atoms with Crippen LogP contribution >= 0.6 is 0 Å². The van der Waals surface area contributed by atoms with E-state index in [1.54, 1.807) is 12.1 Å². The van der Waals surface area contributed by atoms with E-state index in [0.29, 0.717) is 30.9 Å². The third-order valence-electron chi connectivity index (χ3n) is 7.89. The molecule has 5 aliphatic rings. The normalized spacial score (nSPS) is 37.8. The molecule has 1 aliphatic heterocycles. The molecule has 4 saturated carbocycles. The number of primary amides is 1. The molecule has 4 aliphatic carbocycles. The summed E-state index contributed by atoms with van der Waals surface area (Å²) < 4.78 is 5.81. The molecule has 2 amide bonds. The average molecular weight is 414 g/mol. The molecule has 7 nitrogen and oxygen atoms in total. The van der Waals surface area contributed by atoms with Gasteiger partial charge >= 0.3 is 0 Å². The van der Waals surface area contributed by atoms with Crippen molar-refractivity contribution in [3.63, 3.8) is 0 Å². The standard InChI is InChI=1S/C23H31N3O4/c24-22(29)23-9-15-7-16(10-23)20(17(8-15)11-23)25-21(28)19-13-26(5-6-30-19)12-14-1-3-18(27)4-2-14/h1-4,15-17,19-20,27H,5-13H2,(H2,24,29)(H,25,28)/t15?,16?,17?,19-,20?,23?/m1/s1. The molecule has 1 aromatic carbocycles. The van der Waals surface area contributed by atoms with Crippen LogP contribution in [0.25, 0.3) is 0 Å². The Balaban J connectivity index is 1.20. The minimum absolute atomic E-state index is 0.0315. The average Bonchev–Trinajstić information content (AvgIpc) is 2.72. The van der Waals surface area contributed by atoms with Crippen molar-refractivity contribution in [2.24, 2.45) is 28.9 Å². The van der Waals surface area contributed by atoms with Gasteiger partial charge in [-0.2, -0.15) is 0 Å². The molecule has 1 saturated heterocycles. The van der Waals surface area contributed by atoms with E-state index in [-0.39, 0.29) is 29.0 Å². The lowest BCUT2D eigenvalue weighted by atomic mass is 9.47. The van der Waals surface area contributed by atoms with Crippen molar-refractivity contribution in [3.05, 3.63) is 29.8 Å². The first-order valence-corrected chi connectivity index (χ1v) is 11.1. The van der Waals surface area contributed by atoms with Gasteiger partial charge in [0.2, 0.25) is 5.91 Å². The molecule has 2 unspecified atom stereocenters. The van der Waals surface area contributed by atoms with Crippen LogP contribution in [0.4, 0.5) is 0 Å². The van der Waals surface area contributed by atoms with Gasteiger partial charge in [-0.25, -0.2) is 0 Å². The van der Waals surface area contributed by atoms with Crippen LogP contribution in [0.3, 0.4) is 0 Å². The number of ether oxygens (including phenoxy) is 1. The molecule has 6 rings (SSSR count). The summed E-state index contributed by atoms with van der Waals surface area (Å²) in [5.41, 5.74) is 6.55. The number of carbonyl (C=O) groups excluding carboxylic acids is 2. The largest absolute Gasteiger partial charge is 0.508 e. The molecule has 30 heavy (non-hydrogen) atoms. The number of phenolic OH excluding ortho intramolecular Hbond substituents is 1. The van der Waals surface area contributed by atoms with Crippen molar-refractivity contribution >= 4 is 11.8 Å². The molecule has 4 bridgehead atoms. The second kappa shape index (κ2) is 7.54. The van der Waals surface area contributed by atoms with Gasteiger partial charge in [-0.05, 0) is 67.6 Å². The highest BCUT2D eigenvalue weighted by Gasteiger charge is 2.58. The summed E-state index contributed by atoms with van der Waals surface area (Å²) in [7, 11) is 0. The van der Waals surface area contributed by atoms with Crippen LogP contribution in [0, 0.1) is 23.2 Å². The topological polar surface area (TPSA) is 105 Å². The number of rotatable bonds is 5. The number of amides is 2. The van der Waals surface area contributed by atoms with Gasteiger partial charge in [0.15, 0.2) is 0 Å². The Labute approximate surface area is 176 Å². The fourth-order valence-corrected chi connectivity index (χ4v) is 6.68. The van der Waals surface area contributed by atoms with E-state index in [1.165, 1.54) is 0 Å². The van der Waals surface area contributed by atoms with Gasteiger partial charge in [0.25, 0.3) is 5.91 Å². The maximum atomic E-state index is 13.1. The summed E-state index contributed by atoms with van der Waals surface area (Å²) in [6, 6.07) is 7.32. The third kappa shape index (κ3) is 3.58. The summed E-state index contributed by atoms with van der Waals surface area (Å²) in [6.45, 7) is 2.59. The van der Waals surface area contributed by atoms with Crippen LogP contribution in [-0.2, 0) is 20.9 Å². The lowest BCUT2D eigenvalue weighted by Crippen LogP contribution is -2.63. The molecule has 4 N–H and O–H groups in total. The minimum atomic E-state index is -0.474. The predicted molar refractivity (Wildman–Crippen MR) is 110 cm³/mol. The molecule has 3 atom stereocenters. The zero-order chi connectivity index (χ0) is 20.9. The number of carbonyl (C=O) groups is 2. The zero-order valence-corrected chi connectivity index (χ0v) is 17.3.